The van der Waals surface area contributed by atoms with Gasteiger partial charge in [-0.25, -0.2) is 0 Å². The monoisotopic (exact) mass is 396 g/mol. The Labute approximate surface area is 160 Å². The average molecular weight is 398 g/mol. The van der Waals surface area contributed by atoms with E-state index in [1.54, 1.807) is 36.4 Å². The van der Waals surface area contributed by atoms with Gasteiger partial charge < -0.3 is 10.6 Å². The van der Waals surface area contributed by atoms with E-state index in [1.807, 2.05) is 0 Å². The molecule has 0 heterocycles. The van der Waals surface area contributed by atoms with Gasteiger partial charge in [0.05, 0.1) is 17.0 Å². The van der Waals surface area contributed by atoms with Crippen LogP contribution in [-0.4, -0.2) is 17.9 Å². The molecule has 1 saturated carbocycles. The average Bonchev–Trinajstić information content (AvgIpc) is 3.35. The summed E-state index contributed by atoms with van der Waals surface area (Å²) in [6, 6.07) is 10.1. The second-order valence-electron chi connectivity index (χ2n) is 5.87. The number of halogens is 3. The number of nitrogens with one attached hydrogen (secondary N) is 2. The van der Waals surface area contributed by atoms with Gasteiger partial charge in [-0.1, -0.05) is 40.9 Å². The molecule has 3 rings (SSSR count). The number of carbonyl (C=O) groups excluding carboxylic acids is 2. The van der Waals surface area contributed by atoms with E-state index in [9.17, 15) is 9.59 Å². The van der Waals surface area contributed by atoms with Crippen LogP contribution in [0.15, 0.2) is 36.4 Å². The molecule has 7 heteroatoms. The van der Waals surface area contributed by atoms with Crippen molar-refractivity contribution in [1.29, 1.82) is 0 Å². The number of anilines is 1. The van der Waals surface area contributed by atoms with Gasteiger partial charge in [0.25, 0.3) is 5.91 Å². The Morgan fingerprint density at radius 2 is 1.68 bits per heavy atom. The van der Waals surface area contributed by atoms with Crippen molar-refractivity contribution in [3.63, 3.8) is 0 Å². The lowest BCUT2D eigenvalue weighted by molar-refractivity contribution is -0.115. The summed E-state index contributed by atoms with van der Waals surface area (Å²) in [5, 5.41) is 6.77. The second kappa shape index (κ2) is 7.65. The van der Waals surface area contributed by atoms with Gasteiger partial charge in [0.2, 0.25) is 5.91 Å². The smallest absolute Gasteiger partial charge is 0.253 e. The molecule has 0 aliphatic heterocycles. The molecular formula is C18H15Cl3N2O2. The summed E-state index contributed by atoms with van der Waals surface area (Å²) < 4.78 is 0. The molecule has 0 atom stereocenters. The molecule has 2 aromatic carbocycles. The molecule has 1 aliphatic rings. The molecule has 0 unspecified atom stereocenters. The quantitative estimate of drug-likeness (QED) is 0.767. The van der Waals surface area contributed by atoms with Crippen LogP contribution >= 0.6 is 34.8 Å². The van der Waals surface area contributed by atoms with Gasteiger partial charge in [-0.3, -0.25) is 9.59 Å². The molecule has 0 radical (unpaired) electrons. The van der Waals surface area contributed by atoms with E-state index >= 15 is 0 Å². The highest BCUT2D eigenvalue weighted by molar-refractivity contribution is 6.36. The number of benzene rings is 2. The minimum absolute atomic E-state index is 0.0417. The fourth-order valence-electron chi connectivity index (χ4n) is 2.33. The maximum Gasteiger partial charge on any atom is 0.253 e. The molecule has 0 spiro atoms. The molecule has 2 aromatic rings. The Kier molecular flexibility index (Phi) is 5.52. The van der Waals surface area contributed by atoms with Crippen molar-refractivity contribution in [3.05, 3.63) is 62.6 Å². The Morgan fingerprint density at radius 3 is 2.28 bits per heavy atom. The number of amides is 2. The summed E-state index contributed by atoms with van der Waals surface area (Å²) in [5.41, 5.74) is 1.46. The van der Waals surface area contributed by atoms with E-state index in [4.69, 9.17) is 34.8 Å². The van der Waals surface area contributed by atoms with Crippen LogP contribution in [0.3, 0.4) is 0 Å². The van der Waals surface area contributed by atoms with E-state index in [0.29, 0.717) is 26.9 Å². The molecule has 1 aliphatic carbocycles. The highest BCUT2D eigenvalue weighted by Crippen LogP contribution is 2.26. The largest absolute Gasteiger partial charge is 0.349 e. The third-order valence-corrected chi connectivity index (χ3v) is 4.83. The van der Waals surface area contributed by atoms with Gasteiger partial charge in [0.1, 0.15) is 0 Å². The van der Waals surface area contributed by atoms with Crippen LogP contribution in [0.5, 0.6) is 0 Å². The first-order chi connectivity index (χ1) is 11.9. The highest BCUT2D eigenvalue weighted by Gasteiger charge is 2.24. The van der Waals surface area contributed by atoms with Crippen molar-refractivity contribution < 1.29 is 9.59 Å². The number of hydrogen-bond acceptors (Lipinski definition) is 2. The van der Waals surface area contributed by atoms with Crippen molar-refractivity contribution in [2.45, 2.75) is 25.3 Å². The molecule has 4 nitrogen and oxygen atoms in total. The summed E-state index contributed by atoms with van der Waals surface area (Å²) in [6.45, 7) is 0. The SMILES string of the molecule is O=C(Cc1c(Cl)cccc1Cl)Nc1ccc(C(=O)NC2CC2)c(Cl)c1. The van der Waals surface area contributed by atoms with Gasteiger partial charge in [-0.05, 0) is 48.7 Å². The number of rotatable bonds is 5. The first-order valence-corrected chi connectivity index (χ1v) is 8.90. The maximum atomic E-state index is 12.2. The third-order valence-electron chi connectivity index (χ3n) is 3.81. The summed E-state index contributed by atoms with van der Waals surface area (Å²) >= 11 is 18.3. The first kappa shape index (κ1) is 18.1. The van der Waals surface area contributed by atoms with Crippen LogP contribution in [0.2, 0.25) is 15.1 Å². The fraction of sp³-hybridized carbons (Fsp3) is 0.222. The number of carbonyl (C=O) groups is 2. The molecule has 0 bridgehead atoms. The molecule has 1 fully saturated rings. The van der Waals surface area contributed by atoms with Gasteiger partial charge in [0.15, 0.2) is 0 Å². The summed E-state index contributed by atoms with van der Waals surface area (Å²) in [7, 11) is 0. The Bertz CT molecular complexity index is 815. The fourth-order valence-corrected chi connectivity index (χ4v) is 3.13. The van der Waals surface area contributed by atoms with E-state index in [0.717, 1.165) is 12.8 Å². The van der Waals surface area contributed by atoms with Crippen LogP contribution in [0.1, 0.15) is 28.8 Å². The van der Waals surface area contributed by atoms with Crippen molar-refractivity contribution >= 4 is 52.3 Å². The molecule has 0 saturated heterocycles. The lowest BCUT2D eigenvalue weighted by Crippen LogP contribution is -2.25. The van der Waals surface area contributed by atoms with Crippen molar-refractivity contribution in [1.82, 2.24) is 5.32 Å². The predicted molar refractivity (Wildman–Crippen MR) is 101 cm³/mol. The van der Waals surface area contributed by atoms with E-state index < -0.39 is 0 Å². The minimum atomic E-state index is -0.277. The lowest BCUT2D eigenvalue weighted by atomic mass is 10.1. The lowest BCUT2D eigenvalue weighted by Gasteiger charge is -2.10. The standard InChI is InChI=1S/C18H15Cl3N2O2/c19-14-2-1-3-15(20)13(14)9-17(24)22-11-6-7-12(16(21)8-11)18(25)23-10-4-5-10/h1-3,6-8,10H,4-5,9H2,(H,22,24)(H,23,25). The molecule has 2 N–H and O–H groups in total. The summed E-state index contributed by atoms with van der Waals surface area (Å²) in [4.78, 5) is 24.3. The van der Waals surface area contributed by atoms with Gasteiger partial charge in [0, 0.05) is 21.8 Å². The molecule has 0 aromatic heterocycles. The molecule has 25 heavy (non-hydrogen) atoms. The van der Waals surface area contributed by atoms with Crippen molar-refractivity contribution in [2.24, 2.45) is 0 Å². The van der Waals surface area contributed by atoms with E-state index in [-0.39, 0.29) is 29.3 Å². The second-order valence-corrected chi connectivity index (χ2v) is 7.09. The highest BCUT2D eigenvalue weighted by atomic mass is 35.5. The van der Waals surface area contributed by atoms with Crippen LogP contribution in [0.25, 0.3) is 0 Å². The van der Waals surface area contributed by atoms with Crippen LogP contribution < -0.4 is 10.6 Å². The molecule has 2 amide bonds. The van der Waals surface area contributed by atoms with Crippen LogP contribution in [-0.2, 0) is 11.2 Å². The summed E-state index contributed by atoms with van der Waals surface area (Å²) in [5.74, 6) is -0.477. The Balaban J connectivity index is 1.67. The predicted octanol–water partition coefficient (Wildman–Crippen LogP) is 4.72. The van der Waals surface area contributed by atoms with Crippen LogP contribution in [0.4, 0.5) is 5.69 Å². The van der Waals surface area contributed by atoms with Crippen molar-refractivity contribution in [3.8, 4) is 0 Å². The van der Waals surface area contributed by atoms with E-state index in [2.05, 4.69) is 10.6 Å². The van der Waals surface area contributed by atoms with Gasteiger partial charge >= 0.3 is 0 Å². The zero-order valence-electron chi connectivity index (χ0n) is 13.1. The zero-order valence-corrected chi connectivity index (χ0v) is 15.4. The van der Waals surface area contributed by atoms with Gasteiger partial charge in [-0.2, -0.15) is 0 Å². The van der Waals surface area contributed by atoms with E-state index in [1.165, 1.54) is 0 Å². The first-order valence-electron chi connectivity index (χ1n) is 7.77. The Hall–Kier alpha value is -1.75. The normalized spacial score (nSPS) is 13.4. The number of hydrogen-bond donors (Lipinski definition) is 2. The topological polar surface area (TPSA) is 58.2 Å². The summed E-state index contributed by atoms with van der Waals surface area (Å²) in [6.07, 6.45) is 2.05. The molecule has 130 valence electrons. The Morgan fingerprint density at radius 1 is 1.00 bits per heavy atom. The minimum Gasteiger partial charge on any atom is -0.349 e. The van der Waals surface area contributed by atoms with Crippen molar-refractivity contribution in [2.75, 3.05) is 5.32 Å². The third kappa shape index (κ3) is 4.66. The van der Waals surface area contributed by atoms with Gasteiger partial charge in [-0.15, -0.1) is 0 Å². The molecular weight excluding hydrogens is 383 g/mol. The zero-order chi connectivity index (χ0) is 18.0. The maximum absolute atomic E-state index is 12.2. The van der Waals surface area contributed by atoms with Crippen LogP contribution in [0, 0.1) is 0 Å².